The van der Waals surface area contributed by atoms with E-state index in [1.54, 1.807) is 12.1 Å². The maximum Gasteiger partial charge on any atom is 0.228 e. The van der Waals surface area contributed by atoms with Gasteiger partial charge in [0.15, 0.2) is 0 Å². The van der Waals surface area contributed by atoms with Gasteiger partial charge in [-0.3, -0.25) is 4.79 Å². The van der Waals surface area contributed by atoms with Crippen LogP contribution in [0.25, 0.3) is 0 Å². The zero-order chi connectivity index (χ0) is 15.5. The van der Waals surface area contributed by atoms with Gasteiger partial charge in [-0.05, 0) is 67.6 Å². The quantitative estimate of drug-likeness (QED) is 0.729. The first-order valence-electron chi connectivity index (χ1n) is 7.92. The molecule has 22 heavy (non-hydrogen) atoms. The topological polar surface area (TPSA) is 29.1 Å². The Labute approximate surface area is 145 Å². The van der Waals surface area contributed by atoms with Gasteiger partial charge in [-0.1, -0.05) is 17.7 Å². The number of carbonyl (C=O) groups is 1. The zero-order valence-electron chi connectivity index (χ0n) is 12.1. The molecule has 5 heteroatoms. The molecule has 0 spiro atoms. The third-order valence-corrected chi connectivity index (χ3v) is 7.07. The summed E-state index contributed by atoms with van der Waals surface area (Å²) < 4.78 is -0.491. The summed E-state index contributed by atoms with van der Waals surface area (Å²) in [5.74, 6) is 2.17. The second-order valence-corrected chi connectivity index (χ2v) is 8.78. The van der Waals surface area contributed by atoms with Gasteiger partial charge in [0.25, 0.3) is 0 Å². The lowest BCUT2D eigenvalue weighted by atomic mass is 10.0. The van der Waals surface area contributed by atoms with E-state index in [0.29, 0.717) is 28.7 Å². The van der Waals surface area contributed by atoms with Crippen LogP contribution in [-0.2, 0) is 4.79 Å². The third kappa shape index (κ3) is 2.53. The minimum Gasteiger partial charge on any atom is -0.326 e. The van der Waals surface area contributed by atoms with E-state index in [9.17, 15) is 4.79 Å². The number of benzene rings is 1. The Kier molecular flexibility index (Phi) is 3.63. The van der Waals surface area contributed by atoms with Crippen LogP contribution in [0.2, 0.25) is 5.02 Å². The van der Waals surface area contributed by atoms with Crippen molar-refractivity contribution in [3.05, 3.63) is 29.3 Å². The molecule has 1 aromatic carbocycles. The van der Waals surface area contributed by atoms with Crippen LogP contribution in [0.5, 0.6) is 0 Å². The number of amides is 1. The summed E-state index contributed by atoms with van der Waals surface area (Å²) in [6.07, 6.45) is 4.25. The number of carbonyl (C=O) groups excluding carboxylic acids is 1. The van der Waals surface area contributed by atoms with Crippen molar-refractivity contribution < 1.29 is 4.79 Å². The number of anilines is 1. The first-order chi connectivity index (χ1) is 10.5. The highest BCUT2D eigenvalue weighted by Crippen LogP contribution is 2.67. The molecule has 0 radical (unpaired) electrons. The Bertz CT molecular complexity index is 596. The molecule has 2 nitrogen and oxygen atoms in total. The van der Waals surface area contributed by atoms with Gasteiger partial charge in [0, 0.05) is 16.6 Å². The molecular weight excluding hydrogens is 341 g/mol. The largest absolute Gasteiger partial charge is 0.326 e. The zero-order valence-corrected chi connectivity index (χ0v) is 14.3. The standard InChI is InChI=1S/C17H18Cl3NO/c18-9-2-1-3-10(8-9)21-16(22)15-11-4-6-13-14(17(13,19)20)7-5-12(11)15/h1-3,8,11-15H,4-7H2,(H,21,22). The highest BCUT2D eigenvalue weighted by atomic mass is 35.5. The molecule has 0 aromatic heterocycles. The summed E-state index contributed by atoms with van der Waals surface area (Å²) in [5, 5.41) is 3.64. The fourth-order valence-corrected chi connectivity index (χ4v) is 5.51. The van der Waals surface area contributed by atoms with Crippen LogP contribution in [0.3, 0.4) is 0 Å². The summed E-state index contributed by atoms with van der Waals surface area (Å²) in [6.45, 7) is 0. The van der Waals surface area contributed by atoms with E-state index in [4.69, 9.17) is 34.8 Å². The van der Waals surface area contributed by atoms with E-state index in [0.717, 1.165) is 31.4 Å². The minimum absolute atomic E-state index is 0.135. The highest BCUT2D eigenvalue weighted by Gasteiger charge is 2.65. The van der Waals surface area contributed by atoms with Crippen molar-refractivity contribution in [2.24, 2.45) is 29.6 Å². The highest BCUT2D eigenvalue weighted by molar-refractivity contribution is 6.51. The van der Waals surface area contributed by atoms with E-state index in [1.807, 2.05) is 12.1 Å². The minimum atomic E-state index is -0.491. The van der Waals surface area contributed by atoms with Gasteiger partial charge in [0.2, 0.25) is 5.91 Å². The van der Waals surface area contributed by atoms with Crippen molar-refractivity contribution in [2.75, 3.05) is 5.32 Å². The smallest absolute Gasteiger partial charge is 0.228 e. The summed E-state index contributed by atoms with van der Waals surface area (Å²) in [7, 11) is 0. The van der Waals surface area contributed by atoms with Crippen LogP contribution in [0.4, 0.5) is 5.69 Å². The van der Waals surface area contributed by atoms with Gasteiger partial charge in [-0.2, -0.15) is 0 Å². The Morgan fingerprint density at radius 2 is 1.73 bits per heavy atom. The molecule has 0 heterocycles. The van der Waals surface area contributed by atoms with E-state index in [-0.39, 0.29) is 11.8 Å². The molecule has 1 aromatic rings. The van der Waals surface area contributed by atoms with E-state index >= 15 is 0 Å². The van der Waals surface area contributed by atoms with Gasteiger partial charge in [-0.15, -0.1) is 23.2 Å². The van der Waals surface area contributed by atoms with Crippen molar-refractivity contribution >= 4 is 46.4 Å². The molecule has 0 saturated heterocycles. The van der Waals surface area contributed by atoms with Crippen LogP contribution < -0.4 is 5.32 Å². The van der Waals surface area contributed by atoms with Crippen molar-refractivity contribution in [2.45, 2.75) is 30.0 Å². The van der Waals surface area contributed by atoms with Crippen LogP contribution in [0.15, 0.2) is 24.3 Å². The Balaban J connectivity index is 1.38. The molecule has 4 rings (SSSR count). The number of hydrogen-bond donors (Lipinski definition) is 1. The summed E-state index contributed by atoms with van der Waals surface area (Å²) >= 11 is 18.6. The second-order valence-electron chi connectivity index (χ2n) is 6.90. The monoisotopic (exact) mass is 357 g/mol. The maximum absolute atomic E-state index is 12.5. The molecule has 118 valence electrons. The van der Waals surface area contributed by atoms with Crippen molar-refractivity contribution in [3.63, 3.8) is 0 Å². The number of rotatable bonds is 2. The number of alkyl halides is 2. The van der Waals surface area contributed by atoms with Crippen LogP contribution in [0, 0.1) is 29.6 Å². The van der Waals surface area contributed by atoms with E-state index < -0.39 is 4.33 Å². The summed E-state index contributed by atoms with van der Waals surface area (Å²) in [6, 6.07) is 7.31. The Hall–Kier alpha value is -0.440. The first-order valence-corrected chi connectivity index (χ1v) is 9.06. The number of halogens is 3. The fourth-order valence-electron chi connectivity index (χ4n) is 4.40. The molecular formula is C17H18Cl3NO. The lowest BCUT2D eigenvalue weighted by Crippen LogP contribution is -2.15. The molecule has 1 N–H and O–H groups in total. The molecule has 0 aliphatic heterocycles. The maximum atomic E-state index is 12.5. The third-order valence-electron chi connectivity index (χ3n) is 5.71. The average molecular weight is 359 g/mol. The number of fused-ring (bicyclic) bond motifs is 2. The Morgan fingerprint density at radius 3 is 2.32 bits per heavy atom. The first kappa shape index (κ1) is 15.1. The molecule has 3 fully saturated rings. The lowest BCUT2D eigenvalue weighted by molar-refractivity contribution is -0.117. The van der Waals surface area contributed by atoms with Gasteiger partial charge >= 0.3 is 0 Å². The predicted octanol–water partition coefficient (Wildman–Crippen LogP) is 5.13. The van der Waals surface area contributed by atoms with Crippen molar-refractivity contribution in [1.29, 1.82) is 0 Å². The molecule has 3 aliphatic carbocycles. The summed E-state index contributed by atoms with van der Waals surface area (Å²) in [4.78, 5) is 12.5. The summed E-state index contributed by atoms with van der Waals surface area (Å²) in [5.41, 5.74) is 0.778. The van der Waals surface area contributed by atoms with Gasteiger partial charge < -0.3 is 5.32 Å². The van der Waals surface area contributed by atoms with E-state index in [2.05, 4.69) is 5.32 Å². The Morgan fingerprint density at radius 1 is 1.09 bits per heavy atom. The molecule has 3 aliphatic rings. The normalized spacial score (nSPS) is 38.0. The molecule has 3 saturated carbocycles. The average Bonchev–Trinajstić information content (AvgIpc) is 3.23. The van der Waals surface area contributed by atoms with Gasteiger partial charge in [-0.25, -0.2) is 0 Å². The SMILES string of the molecule is O=C(Nc1cccc(Cl)c1)C1C2CCC3C(CCC21)C3(Cl)Cl. The molecule has 1 amide bonds. The predicted molar refractivity (Wildman–Crippen MR) is 90.4 cm³/mol. The number of nitrogens with one attached hydrogen (secondary N) is 1. The fraction of sp³-hybridized carbons (Fsp3) is 0.588. The van der Waals surface area contributed by atoms with Crippen molar-refractivity contribution in [1.82, 2.24) is 0 Å². The van der Waals surface area contributed by atoms with Crippen LogP contribution in [-0.4, -0.2) is 10.2 Å². The molecule has 4 unspecified atom stereocenters. The number of hydrogen-bond acceptors (Lipinski definition) is 1. The van der Waals surface area contributed by atoms with Crippen molar-refractivity contribution in [3.8, 4) is 0 Å². The molecule has 4 atom stereocenters. The molecule has 0 bridgehead atoms. The van der Waals surface area contributed by atoms with Gasteiger partial charge in [0.05, 0.1) is 0 Å². The lowest BCUT2D eigenvalue weighted by Gasteiger charge is -2.05. The van der Waals surface area contributed by atoms with Crippen LogP contribution >= 0.6 is 34.8 Å². The van der Waals surface area contributed by atoms with E-state index in [1.165, 1.54) is 0 Å². The second kappa shape index (κ2) is 5.29. The van der Waals surface area contributed by atoms with Gasteiger partial charge in [0.1, 0.15) is 4.33 Å². The van der Waals surface area contributed by atoms with Crippen LogP contribution in [0.1, 0.15) is 25.7 Å².